The number of nitrogens with two attached hydrogens (primary N) is 1. The van der Waals surface area contributed by atoms with Crippen molar-refractivity contribution in [3.05, 3.63) is 113 Å². The van der Waals surface area contributed by atoms with Gasteiger partial charge in [0.15, 0.2) is 0 Å². The van der Waals surface area contributed by atoms with E-state index in [1.54, 1.807) is 23.0 Å². The molecule has 0 atom stereocenters. The smallest absolute Gasteiger partial charge is 0.261 e. The Balaban J connectivity index is 0.952. The van der Waals surface area contributed by atoms with Crippen LogP contribution in [0, 0.1) is 23.5 Å². The fourth-order valence-electron chi connectivity index (χ4n) is 7.26. The van der Waals surface area contributed by atoms with Gasteiger partial charge in [0.2, 0.25) is 11.3 Å². The van der Waals surface area contributed by atoms with Crippen LogP contribution in [0.3, 0.4) is 0 Å². The quantitative estimate of drug-likeness (QED) is 0.164. The Morgan fingerprint density at radius 1 is 0.873 bits per heavy atom. The van der Waals surface area contributed by atoms with Gasteiger partial charge in [-0.1, -0.05) is 18.6 Å². The third kappa shape index (κ3) is 7.83. The van der Waals surface area contributed by atoms with Crippen molar-refractivity contribution in [2.75, 3.05) is 37.4 Å². The van der Waals surface area contributed by atoms with Crippen LogP contribution in [-0.4, -0.2) is 63.7 Å². The number of pyridine rings is 3. The fraction of sp³-hybridized carbons (Fsp3) is 0.310. The average Bonchev–Trinajstić information content (AvgIpc) is 3.16. The molecule has 3 fully saturated rings. The SMILES string of the molecule is Nc1ncc(-c2ccc(OC3CN(C(=O)C4CCOCC4)C3)cc2)cc1-c1ccc(NC(=O)c2cn(CC3CCC3)cc(-c3ccc(F)cn3)c2=O)cc1F. The number of carbonyl (C=O) groups is 2. The predicted octanol–water partition coefficient (Wildman–Crippen LogP) is 6.57. The molecule has 1 saturated carbocycles. The summed E-state index contributed by atoms with van der Waals surface area (Å²) in [6, 6.07) is 16.0. The van der Waals surface area contributed by atoms with Crippen LogP contribution in [-0.2, 0) is 16.1 Å². The van der Waals surface area contributed by atoms with Crippen molar-refractivity contribution in [3.63, 3.8) is 0 Å². The average molecular weight is 747 g/mol. The van der Waals surface area contributed by atoms with Crippen LogP contribution in [0.15, 0.2) is 90.2 Å². The monoisotopic (exact) mass is 746 g/mol. The number of nitrogen functional groups attached to an aromatic ring is 1. The van der Waals surface area contributed by atoms with E-state index in [1.165, 1.54) is 36.5 Å². The highest BCUT2D eigenvalue weighted by Crippen LogP contribution is 2.34. The van der Waals surface area contributed by atoms with Crippen LogP contribution in [0.4, 0.5) is 20.3 Å². The van der Waals surface area contributed by atoms with E-state index in [1.807, 2.05) is 29.2 Å². The summed E-state index contributed by atoms with van der Waals surface area (Å²) in [7, 11) is 0. The Morgan fingerprint density at radius 3 is 2.35 bits per heavy atom. The van der Waals surface area contributed by atoms with Crippen LogP contribution in [0.2, 0.25) is 0 Å². The van der Waals surface area contributed by atoms with Crippen LogP contribution >= 0.6 is 0 Å². The number of benzene rings is 2. The van der Waals surface area contributed by atoms with E-state index in [0.717, 1.165) is 43.9 Å². The highest BCUT2D eigenvalue weighted by atomic mass is 19.1. The summed E-state index contributed by atoms with van der Waals surface area (Å²) in [5.41, 5.74) is 8.15. The summed E-state index contributed by atoms with van der Waals surface area (Å²) >= 11 is 0. The molecule has 0 spiro atoms. The van der Waals surface area contributed by atoms with E-state index in [0.29, 0.717) is 55.6 Å². The second kappa shape index (κ2) is 15.4. The van der Waals surface area contributed by atoms with Gasteiger partial charge in [0.1, 0.15) is 34.9 Å². The van der Waals surface area contributed by atoms with Crippen molar-refractivity contribution in [2.45, 2.75) is 44.8 Å². The third-order valence-electron chi connectivity index (χ3n) is 10.7. The maximum absolute atomic E-state index is 15.8. The van der Waals surface area contributed by atoms with Crippen LogP contribution in [0.5, 0.6) is 5.75 Å². The summed E-state index contributed by atoms with van der Waals surface area (Å²) < 4.78 is 42.6. The van der Waals surface area contributed by atoms with E-state index in [-0.39, 0.29) is 51.8 Å². The summed E-state index contributed by atoms with van der Waals surface area (Å²) in [4.78, 5) is 50.0. The first-order valence-electron chi connectivity index (χ1n) is 18.5. The lowest BCUT2D eigenvalue weighted by Gasteiger charge is -2.41. The maximum Gasteiger partial charge on any atom is 0.261 e. The Bertz CT molecular complexity index is 2280. The zero-order chi connectivity index (χ0) is 38.1. The first-order chi connectivity index (χ1) is 26.7. The van der Waals surface area contributed by atoms with Gasteiger partial charge in [0.25, 0.3) is 5.91 Å². The molecule has 3 aromatic heterocycles. The molecule has 13 heteroatoms. The number of rotatable bonds is 10. The first-order valence-corrected chi connectivity index (χ1v) is 18.5. The molecule has 2 aromatic carbocycles. The second-order valence-electron chi connectivity index (χ2n) is 14.5. The van der Waals surface area contributed by atoms with Gasteiger partial charge in [-0.2, -0.15) is 0 Å². The number of hydrogen-bond acceptors (Lipinski definition) is 8. The lowest BCUT2D eigenvalue weighted by atomic mass is 9.85. The zero-order valence-corrected chi connectivity index (χ0v) is 30.0. The number of nitrogens with zero attached hydrogens (tertiary/aromatic N) is 4. The molecular weight excluding hydrogens is 706 g/mol. The summed E-state index contributed by atoms with van der Waals surface area (Å²) in [6.45, 7) is 2.99. The van der Waals surface area contributed by atoms with Gasteiger partial charge in [0.05, 0.1) is 30.5 Å². The Labute approximate surface area is 316 Å². The second-order valence-corrected chi connectivity index (χ2v) is 14.5. The van der Waals surface area contributed by atoms with Gasteiger partial charge in [0, 0.05) is 66.6 Å². The van der Waals surface area contributed by atoms with E-state index in [9.17, 15) is 18.8 Å². The zero-order valence-electron chi connectivity index (χ0n) is 30.0. The lowest BCUT2D eigenvalue weighted by Crippen LogP contribution is -2.58. The molecule has 5 aromatic rings. The molecule has 2 amide bonds. The highest BCUT2D eigenvalue weighted by Gasteiger charge is 2.36. The summed E-state index contributed by atoms with van der Waals surface area (Å²) in [5, 5.41) is 2.66. The van der Waals surface area contributed by atoms with Crippen molar-refractivity contribution in [1.29, 1.82) is 0 Å². The number of amides is 2. The Hall–Kier alpha value is -5.95. The largest absolute Gasteiger partial charge is 0.487 e. The Morgan fingerprint density at radius 2 is 1.65 bits per heavy atom. The Kier molecular flexibility index (Phi) is 10.1. The molecule has 3 aliphatic rings. The molecular formula is C42H40F2N6O5. The highest BCUT2D eigenvalue weighted by molar-refractivity contribution is 6.04. The molecule has 2 saturated heterocycles. The van der Waals surface area contributed by atoms with Crippen LogP contribution in [0.25, 0.3) is 33.5 Å². The molecule has 0 radical (unpaired) electrons. The van der Waals surface area contributed by atoms with Crippen LogP contribution < -0.4 is 21.2 Å². The minimum atomic E-state index is -0.711. The number of nitrogens with one attached hydrogen (secondary N) is 1. The molecule has 8 rings (SSSR count). The number of ether oxygens (including phenoxy) is 2. The minimum Gasteiger partial charge on any atom is -0.487 e. The molecule has 0 bridgehead atoms. The van der Waals surface area contributed by atoms with Crippen molar-refractivity contribution in [1.82, 2.24) is 19.4 Å². The normalized spacial score (nSPS) is 16.3. The van der Waals surface area contributed by atoms with Gasteiger partial charge in [-0.3, -0.25) is 19.4 Å². The topological polar surface area (TPSA) is 142 Å². The standard InChI is InChI=1S/C42H40F2N6O5/c43-29-6-11-38(46-19-29)35-23-49(20-25-2-1-3-25)24-36(39(35)51)41(52)48-30-7-10-33(37(44)17-30)34-16-28(18-47-40(34)45)26-4-8-31(9-5-26)55-32-21-50(22-32)42(53)27-12-14-54-15-13-27/h4-11,16-19,23-25,27,32H,1-3,12-15,20-22H2,(H2,45,47)(H,48,52). The summed E-state index contributed by atoms with van der Waals surface area (Å²) in [5.74, 6) is -0.467. The van der Waals surface area contributed by atoms with Gasteiger partial charge >= 0.3 is 0 Å². The predicted molar refractivity (Wildman–Crippen MR) is 203 cm³/mol. The first kappa shape index (κ1) is 36.0. The summed E-state index contributed by atoms with van der Waals surface area (Å²) in [6.07, 6.45) is 10.5. The molecule has 0 unspecified atom stereocenters. The molecule has 2 aliphatic heterocycles. The number of halogens is 2. The number of anilines is 2. The van der Waals surface area contributed by atoms with E-state index < -0.39 is 23.0 Å². The third-order valence-corrected chi connectivity index (χ3v) is 10.7. The van der Waals surface area contributed by atoms with Crippen molar-refractivity contribution >= 4 is 23.3 Å². The lowest BCUT2D eigenvalue weighted by molar-refractivity contribution is -0.147. The van der Waals surface area contributed by atoms with Gasteiger partial charge in [-0.15, -0.1) is 0 Å². The van der Waals surface area contributed by atoms with E-state index in [4.69, 9.17) is 15.2 Å². The fourth-order valence-corrected chi connectivity index (χ4v) is 7.26. The van der Waals surface area contributed by atoms with E-state index >= 15 is 4.39 Å². The number of likely N-dealkylation sites (tertiary alicyclic amines) is 1. The van der Waals surface area contributed by atoms with Crippen molar-refractivity contribution in [2.24, 2.45) is 11.8 Å². The molecule has 5 heterocycles. The van der Waals surface area contributed by atoms with Gasteiger partial charge in [-0.25, -0.2) is 13.8 Å². The number of carbonyl (C=O) groups excluding carboxylic acids is 2. The van der Waals surface area contributed by atoms with Gasteiger partial charge < -0.3 is 30.0 Å². The van der Waals surface area contributed by atoms with Crippen molar-refractivity contribution in [3.8, 4) is 39.3 Å². The minimum absolute atomic E-state index is 0.0317. The van der Waals surface area contributed by atoms with Crippen molar-refractivity contribution < 1.29 is 27.8 Å². The molecule has 282 valence electrons. The molecule has 1 aliphatic carbocycles. The molecule has 55 heavy (non-hydrogen) atoms. The van der Waals surface area contributed by atoms with Crippen LogP contribution in [0.1, 0.15) is 42.5 Å². The van der Waals surface area contributed by atoms with Gasteiger partial charge in [-0.05, 0) is 85.7 Å². The number of hydrogen-bond donors (Lipinski definition) is 2. The molecule has 3 N–H and O–H groups in total. The maximum atomic E-state index is 15.8. The number of aromatic nitrogens is 3. The molecule has 11 nitrogen and oxygen atoms in total. The van der Waals surface area contributed by atoms with E-state index in [2.05, 4.69) is 15.3 Å².